The molecule has 0 amide bonds. The van der Waals surface area contributed by atoms with E-state index in [4.69, 9.17) is 9.47 Å². The molecule has 0 saturated carbocycles. The van der Waals surface area contributed by atoms with E-state index in [0.29, 0.717) is 6.42 Å². The summed E-state index contributed by atoms with van der Waals surface area (Å²) in [5.41, 5.74) is 2.24. The van der Waals surface area contributed by atoms with Gasteiger partial charge in [-0.05, 0) is 30.9 Å². The van der Waals surface area contributed by atoms with Crippen molar-refractivity contribution in [3.05, 3.63) is 46.9 Å². The zero-order valence-electron chi connectivity index (χ0n) is 13.0. The van der Waals surface area contributed by atoms with Gasteiger partial charge in [-0.15, -0.1) is 0 Å². The Kier molecular flexibility index (Phi) is 4.69. The molecule has 2 heterocycles. The van der Waals surface area contributed by atoms with Crippen LogP contribution in [0.5, 0.6) is 0 Å². The summed E-state index contributed by atoms with van der Waals surface area (Å²) in [5.74, 6) is 0. The number of fused-ring (bicyclic) bond motifs is 2. The fraction of sp³-hybridized carbons (Fsp3) is 0.556. The van der Waals surface area contributed by atoms with E-state index in [1.54, 1.807) is 0 Å². The van der Waals surface area contributed by atoms with E-state index in [-0.39, 0.29) is 30.5 Å². The molecule has 1 aromatic rings. The Morgan fingerprint density at radius 1 is 1.18 bits per heavy atom. The molecule has 118 valence electrons. The van der Waals surface area contributed by atoms with Crippen molar-refractivity contribution in [3.8, 4) is 0 Å². The van der Waals surface area contributed by atoms with Crippen LogP contribution in [0.25, 0.3) is 6.08 Å². The molecule has 0 aromatic heterocycles. The second kappa shape index (κ2) is 6.71. The largest absolute Gasteiger partial charge is 0.375 e. The molecule has 0 spiro atoms. The van der Waals surface area contributed by atoms with E-state index < -0.39 is 0 Å². The highest BCUT2D eigenvalue weighted by molar-refractivity contribution is 5.47. The van der Waals surface area contributed by atoms with Gasteiger partial charge in [-0.2, -0.15) is 4.91 Å². The van der Waals surface area contributed by atoms with Gasteiger partial charge in [0.05, 0.1) is 24.4 Å². The highest BCUT2D eigenvalue weighted by atomic mass is 16.5. The van der Waals surface area contributed by atoms with Crippen LogP contribution in [-0.4, -0.2) is 24.4 Å². The summed E-state index contributed by atoms with van der Waals surface area (Å²) >= 11 is 0. The molecular weight excluding hydrogens is 278 g/mol. The second-order valence-corrected chi connectivity index (χ2v) is 6.32. The lowest BCUT2D eigenvalue weighted by Gasteiger charge is -2.25. The molecule has 2 aliphatic rings. The van der Waals surface area contributed by atoms with Crippen LogP contribution in [0.3, 0.4) is 0 Å². The van der Waals surface area contributed by atoms with Crippen LogP contribution in [0.1, 0.15) is 49.8 Å². The molecule has 0 aliphatic carbocycles. The van der Waals surface area contributed by atoms with E-state index in [2.05, 4.69) is 23.9 Å². The van der Waals surface area contributed by atoms with Crippen molar-refractivity contribution in [1.29, 1.82) is 0 Å². The summed E-state index contributed by atoms with van der Waals surface area (Å²) < 4.78 is 12.3. The number of hydrogen-bond acceptors (Lipinski definition) is 4. The van der Waals surface area contributed by atoms with E-state index >= 15 is 0 Å². The van der Waals surface area contributed by atoms with Crippen LogP contribution in [0.15, 0.2) is 36.0 Å². The Bertz CT molecular complexity index is 528. The summed E-state index contributed by atoms with van der Waals surface area (Å²) in [6.07, 6.45) is 5.22. The predicted octanol–water partition coefficient (Wildman–Crippen LogP) is 4.25. The van der Waals surface area contributed by atoms with Crippen LogP contribution in [-0.2, 0) is 9.47 Å². The van der Waals surface area contributed by atoms with Gasteiger partial charge in [-0.3, -0.25) is 0 Å². The molecule has 4 heteroatoms. The zero-order chi connectivity index (χ0) is 15.5. The lowest BCUT2D eigenvalue weighted by atomic mass is 10.0. The van der Waals surface area contributed by atoms with Gasteiger partial charge in [0.2, 0.25) is 0 Å². The Labute approximate surface area is 131 Å². The van der Waals surface area contributed by atoms with Gasteiger partial charge in [0.15, 0.2) is 0 Å². The van der Waals surface area contributed by atoms with Crippen molar-refractivity contribution in [2.24, 2.45) is 5.18 Å². The van der Waals surface area contributed by atoms with Crippen LogP contribution in [0.4, 0.5) is 0 Å². The Hall–Kier alpha value is -1.52. The van der Waals surface area contributed by atoms with Gasteiger partial charge in [0.25, 0.3) is 0 Å². The highest BCUT2D eigenvalue weighted by Crippen LogP contribution is 2.36. The molecule has 22 heavy (non-hydrogen) atoms. The highest BCUT2D eigenvalue weighted by Gasteiger charge is 2.37. The first kappa shape index (κ1) is 15.4. The Morgan fingerprint density at radius 3 is 2.64 bits per heavy atom. The summed E-state index contributed by atoms with van der Waals surface area (Å²) in [5, 5.41) is 3.31. The van der Waals surface area contributed by atoms with E-state index in [1.807, 2.05) is 25.1 Å². The summed E-state index contributed by atoms with van der Waals surface area (Å²) in [7, 11) is 0. The van der Waals surface area contributed by atoms with E-state index in [9.17, 15) is 4.91 Å². The fourth-order valence-electron chi connectivity index (χ4n) is 3.50. The third-order valence-electron chi connectivity index (χ3n) is 4.69. The minimum atomic E-state index is -0.312. The standard InChI is InChI=1S/C18H23NO3/c1-3-13-4-6-14(7-5-13)17-9-8-15-11-18(22-17)16(19-20)10-12(2)21-15/h3-7,12,15-18H,1,8-11H2,2H3/t12-,15?,16?,17?,18-/m1/s1. The Morgan fingerprint density at radius 2 is 1.95 bits per heavy atom. The summed E-state index contributed by atoms with van der Waals surface area (Å²) in [6, 6.07) is 7.94. The lowest BCUT2D eigenvalue weighted by molar-refractivity contribution is -0.0229. The number of rotatable bonds is 3. The van der Waals surface area contributed by atoms with Crippen LogP contribution in [0.2, 0.25) is 0 Å². The topological polar surface area (TPSA) is 47.9 Å². The van der Waals surface area contributed by atoms with Crippen molar-refractivity contribution in [1.82, 2.24) is 0 Å². The quantitative estimate of drug-likeness (QED) is 0.784. The van der Waals surface area contributed by atoms with E-state index in [0.717, 1.165) is 30.4 Å². The average molecular weight is 301 g/mol. The van der Waals surface area contributed by atoms with Crippen molar-refractivity contribution in [2.75, 3.05) is 0 Å². The minimum Gasteiger partial charge on any atom is -0.375 e. The number of nitroso groups, excluding NO2 is 1. The molecule has 2 saturated heterocycles. The van der Waals surface area contributed by atoms with Gasteiger partial charge in [0, 0.05) is 12.8 Å². The number of ether oxygens (including phenoxy) is 2. The van der Waals surface area contributed by atoms with Gasteiger partial charge in [-0.25, -0.2) is 0 Å². The zero-order valence-corrected chi connectivity index (χ0v) is 13.0. The molecule has 0 N–H and O–H groups in total. The summed E-state index contributed by atoms with van der Waals surface area (Å²) in [6.45, 7) is 5.79. The molecule has 2 bridgehead atoms. The molecule has 5 atom stereocenters. The third kappa shape index (κ3) is 3.28. The third-order valence-corrected chi connectivity index (χ3v) is 4.69. The molecule has 0 radical (unpaired) electrons. The molecule has 2 fully saturated rings. The number of benzene rings is 1. The first-order chi connectivity index (χ1) is 10.7. The first-order valence-corrected chi connectivity index (χ1v) is 8.05. The Balaban J connectivity index is 1.80. The maximum Gasteiger partial charge on any atom is 0.121 e. The molecule has 3 rings (SSSR count). The lowest BCUT2D eigenvalue weighted by Crippen LogP contribution is -2.29. The monoisotopic (exact) mass is 301 g/mol. The van der Waals surface area contributed by atoms with Gasteiger partial charge in [0.1, 0.15) is 6.04 Å². The normalized spacial score (nSPS) is 35.2. The van der Waals surface area contributed by atoms with Crippen molar-refractivity contribution < 1.29 is 9.47 Å². The van der Waals surface area contributed by atoms with Crippen molar-refractivity contribution in [2.45, 2.75) is 63.1 Å². The molecule has 3 unspecified atom stereocenters. The first-order valence-electron chi connectivity index (χ1n) is 8.05. The van der Waals surface area contributed by atoms with Gasteiger partial charge in [-0.1, -0.05) is 42.1 Å². The minimum absolute atomic E-state index is 0.00937. The smallest absolute Gasteiger partial charge is 0.121 e. The molecule has 1 aromatic carbocycles. The van der Waals surface area contributed by atoms with Crippen molar-refractivity contribution in [3.63, 3.8) is 0 Å². The molecule has 4 nitrogen and oxygen atoms in total. The molecule has 2 aliphatic heterocycles. The SMILES string of the molecule is C=Cc1ccc(C2CCC3C[C@@H](O2)C(N=O)C[C@@H](C)O3)cc1. The fourth-order valence-corrected chi connectivity index (χ4v) is 3.50. The average Bonchev–Trinajstić information content (AvgIpc) is 2.84. The summed E-state index contributed by atoms with van der Waals surface area (Å²) in [4.78, 5) is 11.2. The van der Waals surface area contributed by atoms with E-state index in [1.165, 1.54) is 0 Å². The van der Waals surface area contributed by atoms with Gasteiger partial charge >= 0.3 is 0 Å². The van der Waals surface area contributed by atoms with Crippen molar-refractivity contribution >= 4 is 6.08 Å². The maximum absolute atomic E-state index is 11.2. The van der Waals surface area contributed by atoms with Crippen LogP contribution < -0.4 is 0 Å². The van der Waals surface area contributed by atoms with Crippen LogP contribution >= 0.6 is 0 Å². The number of nitrogens with zero attached hydrogens (tertiary/aromatic N) is 1. The maximum atomic E-state index is 11.2. The number of hydrogen-bond donors (Lipinski definition) is 0. The van der Waals surface area contributed by atoms with Crippen LogP contribution in [0, 0.1) is 4.91 Å². The molecular formula is C18H23NO3. The second-order valence-electron chi connectivity index (χ2n) is 6.32. The predicted molar refractivity (Wildman–Crippen MR) is 86.5 cm³/mol. The van der Waals surface area contributed by atoms with Gasteiger partial charge < -0.3 is 9.47 Å².